The van der Waals surface area contributed by atoms with Crippen molar-refractivity contribution in [1.29, 1.82) is 0 Å². The molecule has 0 aliphatic heterocycles. The monoisotopic (exact) mass is 266 g/mol. The maximum absolute atomic E-state index is 10.9. The first kappa shape index (κ1) is 17.2. The standard InChI is InChI=1S/C13H16O4.C2H6/c1-8-5-12(7-16-10(3)14)6-9(2)13(8)17-11(4)15;1-2/h5-6H,7H2,1-4H3;1-2H3. The van der Waals surface area contributed by atoms with Gasteiger partial charge in [-0.3, -0.25) is 9.59 Å². The lowest BCUT2D eigenvalue weighted by Gasteiger charge is -2.11. The average molecular weight is 266 g/mol. The van der Waals surface area contributed by atoms with Gasteiger partial charge < -0.3 is 9.47 Å². The van der Waals surface area contributed by atoms with E-state index in [1.165, 1.54) is 13.8 Å². The molecule has 0 fully saturated rings. The highest BCUT2D eigenvalue weighted by atomic mass is 16.5. The van der Waals surface area contributed by atoms with Gasteiger partial charge in [-0.05, 0) is 42.7 Å². The number of rotatable bonds is 3. The smallest absolute Gasteiger partial charge is 0.308 e. The summed E-state index contributed by atoms with van der Waals surface area (Å²) in [6.07, 6.45) is 0. The number of aryl methyl sites for hydroxylation is 2. The fraction of sp³-hybridized carbons (Fsp3) is 0.467. The highest BCUT2D eigenvalue weighted by Crippen LogP contribution is 2.25. The Hall–Kier alpha value is -1.84. The van der Waals surface area contributed by atoms with E-state index in [4.69, 9.17) is 9.47 Å². The molecule has 4 heteroatoms. The summed E-state index contributed by atoms with van der Waals surface area (Å²) in [5, 5.41) is 0. The molecule has 0 unspecified atom stereocenters. The van der Waals surface area contributed by atoms with Gasteiger partial charge in [-0.25, -0.2) is 0 Å². The molecule has 0 bridgehead atoms. The Morgan fingerprint density at radius 1 is 1.00 bits per heavy atom. The van der Waals surface area contributed by atoms with Gasteiger partial charge in [-0.2, -0.15) is 0 Å². The van der Waals surface area contributed by atoms with Gasteiger partial charge in [-0.1, -0.05) is 13.8 Å². The number of hydrogen-bond donors (Lipinski definition) is 0. The van der Waals surface area contributed by atoms with Crippen molar-refractivity contribution in [3.05, 3.63) is 28.8 Å². The Balaban J connectivity index is 0.00000154. The van der Waals surface area contributed by atoms with Gasteiger partial charge in [0.1, 0.15) is 12.4 Å². The lowest BCUT2D eigenvalue weighted by molar-refractivity contribution is -0.142. The SMILES string of the molecule is CC.CC(=O)OCc1cc(C)c(OC(C)=O)c(C)c1. The molecule has 0 aromatic heterocycles. The minimum Gasteiger partial charge on any atom is -0.461 e. The van der Waals surface area contributed by atoms with Crippen LogP contribution in [0.25, 0.3) is 0 Å². The highest BCUT2D eigenvalue weighted by molar-refractivity contribution is 5.70. The van der Waals surface area contributed by atoms with Crippen LogP contribution in [0.1, 0.15) is 44.4 Å². The quantitative estimate of drug-likeness (QED) is 0.622. The largest absolute Gasteiger partial charge is 0.461 e. The molecule has 0 saturated heterocycles. The number of carbonyl (C=O) groups excluding carboxylic acids is 2. The molecule has 0 atom stereocenters. The topological polar surface area (TPSA) is 52.6 Å². The van der Waals surface area contributed by atoms with Gasteiger partial charge in [-0.15, -0.1) is 0 Å². The summed E-state index contributed by atoms with van der Waals surface area (Å²) in [4.78, 5) is 21.6. The van der Waals surface area contributed by atoms with E-state index in [1.54, 1.807) is 0 Å². The molecular formula is C15H22O4. The molecule has 0 radical (unpaired) electrons. The van der Waals surface area contributed by atoms with Crippen LogP contribution >= 0.6 is 0 Å². The number of carbonyl (C=O) groups is 2. The number of hydrogen-bond acceptors (Lipinski definition) is 4. The minimum absolute atomic E-state index is 0.233. The first-order chi connectivity index (χ1) is 8.90. The third-order valence-electron chi connectivity index (χ3n) is 2.21. The second-order valence-corrected chi connectivity index (χ2v) is 3.93. The van der Waals surface area contributed by atoms with Crippen molar-refractivity contribution < 1.29 is 19.1 Å². The van der Waals surface area contributed by atoms with E-state index < -0.39 is 0 Å². The number of benzene rings is 1. The number of esters is 2. The second-order valence-electron chi connectivity index (χ2n) is 3.93. The predicted octanol–water partition coefficient (Wildman–Crippen LogP) is 3.32. The third kappa shape index (κ3) is 6.04. The fourth-order valence-corrected chi connectivity index (χ4v) is 1.61. The lowest BCUT2D eigenvalue weighted by Crippen LogP contribution is -2.06. The van der Waals surface area contributed by atoms with Crippen LogP contribution in [0, 0.1) is 13.8 Å². The van der Waals surface area contributed by atoms with E-state index in [-0.39, 0.29) is 18.5 Å². The maximum Gasteiger partial charge on any atom is 0.308 e. The highest BCUT2D eigenvalue weighted by Gasteiger charge is 2.09. The molecule has 0 aliphatic carbocycles. The van der Waals surface area contributed by atoms with Gasteiger partial charge in [0.15, 0.2) is 0 Å². The van der Waals surface area contributed by atoms with Crippen LogP contribution in [-0.4, -0.2) is 11.9 Å². The second kappa shape index (κ2) is 8.29. The van der Waals surface area contributed by atoms with E-state index in [2.05, 4.69) is 0 Å². The van der Waals surface area contributed by atoms with Crippen LogP contribution in [0.4, 0.5) is 0 Å². The summed E-state index contributed by atoms with van der Waals surface area (Å²) >= 11 is 0. The Morgan fingerprint density at radius 3 is 1.84 bits per heavy atom. The summed E-state index contributed by atoms with van der Waals surface area (Å²) in [7, 11) is 0. The van der Waals surface area contributed by atoms with Crippen LogP contribution in [0.15, 0.2) is 12.1 Å². The Kier molecular flexibility index (Phi) is 7.49. The molecule has 1 aromatic carbocycles. The van der Waals surface area contributed by atoms with Gasteiger partial charge >= 0.3 is 11.9 Å². The van der Waals surface area contributed by atoms with E-state index in [9.17, 15) is 9.59 Å². The van der Waals surface area contributed by atoms with Crippen LogP contribution in [-0.2, 0) is 20.9 Å². The van der Waals surface area contributed by atoms with Crippen molar-refractivity contribution in [3.63, 3.8) is 0 Å². The molecule has 19 heavy (non-hydrogen) atoms. The molecule has 0 saturated carbocycles. The first-order valence-electron chi connectivity index (χ1n) is 6.32. The normalized spacial score (nSPS) is 9.16. The lowest BCUT2D eigenvalue weighted by atomic mass is 10.1. The van der Waals surface area contributed by atoms with Crippen molar-refractivity contribution in [2.75, 3.05) is 0 Å². The molecule has 4 nitrogen and oxygen atoms in total. The van der Waals surface area contributed by atoms with Gasteiger partial charge in [0.05, 0.1) is 0 Å². The summed E-state index contributed by atoms with van der Waals surface area (Å²) in [6, 6.07) is 3.68. The van der Waals surface area contributed by atoms with Crippen molar-refractivity contribution >= 4 is 11.9 Å². The molecule has 0 N–H and O–H groups in total. The number of ether oxygens (including phenoxy) is 2. The van der Waals surface area contributed by atoms with Crippen molar-refractivity contribution in [1.82, 2.24) is 0 Å². The molecular weight excluding hydrogens is 244 g/mol. The molecule has 1 aromatic rings. The summed E-state index contributed by atoms with van der Waals surface area (Å²) in [5.74, 6) is -0.0858. The molecule has 1 rings (SSSR count). The summed E-state index contributed by atoms with van der Waals surface area (Å²) in [5.41, 5.74) is 2.58. The first-order valence-corrected chi connectivity index (χ1v) is 6.32. The molecule has 0 spiro atoms. The van der Waals surface area contributed by atoms with Crippen LogP contribution in [0.5, 0.6) is 5.75 Å². The third-order valence-corrected chi connectivity index (χ3v) is 2.21. The minimum atomic E-state index is -0.344. The predicted molar refractivity (Wildman–Crippen MR) is 74.0 cm³/mol. The summed E-state index contributed by atoms with van der Waals surface area (Å²) < 4.78 is 10.0. The Bertz CT molecular complexity index is 426. The van der Waals surface area contributed by atoms with Crippen molar-refractivity contribution in [3.8, 4) is 5.75 Å². The average Bonchev–Trinajstić information content (AvgIpc) is 2.33. The fourth-order valence-electron chi connectivity index (χ4n) is 1.61. The molecule has 0 heterocycles. The van der Waals surface area contributed by atoms with Gasteiger partial charge in [0, 0.05) is 13.8 Å². The van der Waals surface area contributed by atoms with Crippen molar-refractivity contribution in [2.24, 2.45) is 0 Å². The Morgan fingerprint density at radius 2 is 1.47 bits per heavy atom. The zero-order valence-corrected chi connectivity index (χ0v) is 12.5. The van der Waals surface area contributed by atoms with Gasteiger partial charge in [0.2, 0.25) is 0 Å². The van der Waals surface area contributed by atoms with Crippen LogP contribution in [0.3, 0.4) is 0 Å². The molecule has 0 aliphatic rings. The van der Waals surface area contributed by atoms with Crippen molar-refractivity contribution in [2.45, 2.75) is 48.1 Å². The van der Waals surface area contributed by atoms with Crippen LogP contribution in [0.2, 0.25) is 0 Å². The maximum atomic E-state index is 10.9. The molecule has 0 amide bonds. The zero-order valence-electron chi connectivity index (χ0n) is 12.5. The van der Waals surface area contributed by atoms with E-state index in [1.807, 2.05) is 39.8 Å². The summed E-state index contributed by atoms with van der Waals surface area (Å²) in [6.45, 7) is 10.7. The van der Waals surface area contributed by atoms with E-state index in [0.717, 1.165) is 16.7 Å². The Labute approximate surface area is 114 Å². The van der Waals surface area contributed by atoms with Gasteiger partial charge in [0.25, 0.3) is 0 Å². The zero-order chi connectivity index (χ0) is 15.0. The van der Waals surface area contributed by atoms with Crippen LogP contribution < -0.4 is 4.74 Å². The van der Waals surface area contributed by atoms with E-state index in [0.29, 0.717) is 5.75 Å². The molecule has 106 valence electrons. The van der Waals surface area contributed by atoms with E-state index >= 15 is 0 Å².